The van der Waals surface area contributed by atoms with E-state index in [-0.39, 0.29) is 18.2 Å². The number of methoxy groups -OCH3 is 2. The number of nitrogens with one attached hydrogen (secondary N) is 1. The average molecular weight is 664 g/mol. The van der Waals surface area contributed by atoms with Gasteiger partial charge in [-0.3, -0.25) is 14.5 Å². The lowest BCUT2D eigenvalue weighted by molar-refractivity contribution is -0.130. The van der Waals surface area contributed by atoms with E-state index in [0.29, 0.717) is 79.5 Å². The largest absolute Gasteiger partial charge is 0.494 e. The summed E-state index contributed by atoms with van der Waals surface area (Å²) < 4.78 is 28.0. The molecule has 3 aromatic rings. The summed E-state index contributed by atoms with van der Waals surface area (Å²) in [6, 6.07) is 18.0. The molecule has 1 fully saturated rings. The normalized spacial score (nSPS) is 14.3. The Labute approximate surface area is 282 Å². The van der Waals surface area contributed by atoms with Crippen molar-refractivity contribution in [3.63, 3.8) is 0 Å². The molecule has 11 heteroatoms. The molecule has 1 aliphatic heterocycles. The Morgan fingerprint density at radius 3 is 2.04 bits per heavy atom. The van der Waals surface area contributed by atoms with Crippen LogP contribution in [0.1, 0.15) is 44.7 Å². The van der Waals surface area contributed by atoms with Crippen LogP contribution in [0.2, 0.25) is 0 Å². The molecule has 1 aliphatic rings. The van der Waals surface area contributed by atoms with E-state index in [4.69, 9.17) is 35.9 Å². The molecule has 1 saturated heterocycles. The molecule has 0 saturated carbocycles. The van der Waals surface area contributed by atoms with Crippen LogP contribution in [0.5, 0.6) is 28.7 Å². The van der Waals surface area contributed by atoms with E-state index in [9.17, 15) is 9.59 Å². The van der Waals surface area contributed by atoms with Crippen molar-refractivity contribution in [2.24, 2.45) is 0 Å². The number of amides is 2. The van der Waals surface area contributed by atoms with E-state index in [1.807, 2.05) is 74.2 Å². The summed E-state index contributed by atoms with van der Waals surface area (Å²) in [4.78, 5) is 30.7. The number of hydrogen-bond donors (Lipinski definition) is 1. The van der Waals surface area contributed by atoms with Crippen molar-refractivity contribution >= 4 is 34.8 Å². The van der Waals surface area contributed by atoms with Crippen LogP contribution in [-0.2, 0) is 22.4 Å². The summed E-state index contributed by atoms with van der Waals surface area (Å²) in [5.74, 6) is 2.86. The van der Waals surface area contributed by atoms with Crippen LogP contribution in [0.4, 0.5) is 5.69 Å². The number of anilines is 1. The molecule has 1 atom stereocenters. The molecule has 47 heavy (non-hydrogen) atoms. The first-order chi connectivity index (χ1) is 22.8. The van der Waals surface area contributed by atoms with E-state index < -0.39 is 6.04 Å². The van der Waals surface area contributed by atoms with Crippen LogP contribution in [0.25, 0.3) is 0 Å². The molecule has 0 bridgehead atoms. The third-order valence-corrected chi connectivity index (χ3v) is 8.17. The van der Waals surface area contributed by atoms with Crippen molar-refractivity contribution < 1.29 is 33.3 Å². The molecule has 10 nitrogen and oxygen atoms in total. The van der Waals surface area contributed by atoms with Gasteiger partial charge in [0.05, 0.1) is 40.5 Å². The van der Waals surface area contributed by atoms with Crippen molar-refractivity contribution in [1.82, 2.24) is 9.80 Å². The van der Waals surface area contributed by atoms with Gasteiger partial charge in [-0.2, -0.15) is 0 Å². The summed E-state index contributed by atoms with van der Waals surface area (Å²) in [7, 11) is 3.19. The van der Waals surface area contributed by atoms with Gasteiger partial charge in [-0.15, -0.1) is 0 Å². The molecule has 4 rings (SSSR count). The first-order valence-electron chi connectivity index (χ1n) is 16.1. The number of ether oxygens (including phenoxy) is 5. The molecule has 0 aliphatic carbocycles. The lowest BCUT2D eigenvalue weighted by atomic mass is 10.1. The van der Waals surface area contributed by atoms with E-state index in [0.717, 1.165) is 23.3 Å². The van der Waals surface area contributed by atoms with Crippen molar-refractivity contribution in [2.45, 2.75) is 52.5 Å². The maximum atomic E-state index is 13.9. The summed E-state index contributed by atoms with van der Waals surface area (Å²) in [6.07, 6.45) is 1.99. The van der Waals surface area contributed by atoms with Gasteiger partial charge in [0.2, 0.25) is 5.91 Å². The topological polar surface area (TPSA) is 98.8 Å². The minimum absolute atomic E-state index is 0.0486. The van der Waals surface area contributed by atoms with Gasteiger partial charge in [0, 0.05) is 18.8 Å². The van der Waals surface area contributed by atoms with Crippen molar-refractivity contribution in [3.8, 4) is 28.7 Å². The van der Waals surface area contributed by atoms with Crippen molar-refractivity contribution in [2.75, 3.05) is 52.4 Å². The van der Waals surface area contributed by atoms with Gasteiger partial charge in [-0.1, -0.05) is 19.1 Å². The minimum atomic E-state index is -0.742. The number of thiocarbonyl (C=S) groups is 1. The molecular formula is C36H45N3O7S. The van der Waals surface area contributed by atoms with Crippen molar-refractivity contribution in [1.29, 1.82) is 0 Å². The van der Waals surface area contributed by atoms with Gasteiger partial charge in [0.25, 0.3) is 5.91 Å². The van der Waals surface area contributed by atoms with Crippen LogP contribution in [0.15, 0.2) is 60.7 Å². The number of carbonyl (C=O) groups is 2. The molecule has 252 valence electrons. The number of carbonyl (C=O) groups excluding carboxylic acids is 2. The van der Waals surface area contributed by atoms with Gasteiger partial charge < -0.3 is 33.9 Å². The zero-order valence-corrected chi connectivity index (χ0v) is 28.7. The Hall–Kier alpha value is -4.51. The monoisotopic (exact) mass is 663 g/mol. The van der Waals surface area contributed by atoms with Crippen LogP contribution in [-0.4, -0.2) is 79.9 Å². The molecule has 3 aromatic carbocycles. The highest BCUT2D eigenvalue weighted by Crippen LogP contribution is 2.31. The molecule has 0 spiro atoms. The fourth-order valence-electron chi connectivity index (χ4n) is 5.37. The maximum Gasteiger partial charge on any atom is 0.252 e. The molecule has 2 amide bonds. The highest BCUT2D eigenvalue weighted by Gasteiger charge is 2.42. The highest BCUT2D eigenvalue weighted by molar-refractivity contribution is 7.80. The molecule has 1 unspecified atom stereocenters. The second-order valence-electron chi connectivity index (χ2n) is 10.9. The van der Waals surface area contributed by atoms with Gasteiger partial charge in [0.1, 0.15) is 11.8 Å². The van der Waals surface area contributed by atoms with E-state index in [2.05, 4.69) is 5.32 Å². The predicted octanol–water partition coefficient (Wildman–Crippen LogP) is 5.90. The number of rotatable bonds is 18. The Balaban J connectivity index is 1.50. The standard InChI is InChI=1S/C36H45N3O7S/c1-6-21-46-28-13-11-27(12-14-28)37-34(40)24-29-35(41)39(20-18-26-10-16-31(44-7-2)33(23-26)45-8-3)36(47)38(29)19-17-25-9-15-30(42-4)32(22-25)43-5/h9-16,22-23,29H,6-8,17-21,24H2,1-5H3,(H,37,40). The van der Waals surface area contributed by atoms with E-state index >= 15 is 0 Å². The summed E-state index contributed by atoms with van der Waals surface area (Å²) in [6.45, 7) is 8.36. The summed E-state index contributed by atoms with van der Waals surface area (Å²) >= 11 is 5.89. The van der Waals surface area contributed by atoms with Crippen LogP contribution in [0, 0.1) is 0 Å². The second-order valence-corrected chi connectivity index (χ2v) is 11.3. The molecule has 0 radical (unpaired) electrons. The van der Waals surface area contributed by atoms with Crippen LogP contribution >= 0.6 is 12.2 Å². The predicted molar refractivity (Wildman–Crippen MR) is 186 cm³/mol. The third kappa shape index (κ3) is 9.28. The smallest absolute Gasteiger partial charge is 0.252 e. The Morgan fingerprint density at radius 2 is 1.40 bits per heavy atom. The lowest BCUT2D eigenvalue weighted by Crippen LogP contribution is -2.39. The SMILES string of the molecule is CCCOc1ccc(NC(=O)CC2C(=O)N(CCc3ccc(OCC)c(OCC)c3)C(=S)N2CCc2ccc(OC)c(OC)c2)cc1. The number of benzene rings is 3. The molecular weight excluding hydrogens is 618 g/mol. The molecule has 1 N–H and O–H groups in total. The summed E-state index contributed by atoms with van der Waals surface area (Å²) in [5.41, 5.74) is 2.60. The first-order valence-corrected chi connectivity index (χ1v) is 16.5. The summed E-state index contributed by atoms with van der Waals surface area (Å²) in [5, 5.41) is 3.33. The van der Waals surface area contributed by atoms with Gasteiger partial charge in [-0.05, 0) is 105 Å². The first kappa shape index (κ1) is 35.3. The second kappa shape index (κ2) is 17.4. The van der Waals surface area contributed by atoms with Crippen LogP contribution < -0.4 is 29.0 Å². The third-order valence-electron chi connectivity index (χ3n) is 7.71. The molecule has 1 heterocycles. The van der Waals surface area contributed by atoms with Crippen molar-refractivity contribution in [3.05, 3.63) is 71.8 Å². The van der Waals surface area contributed by atoms with E-state index in [1.54, 1.807) is 31.3 Å². The maximum absolute atomic E-state index is 13.9. The Kier molecular flexibility index (Phi) is 13.1. The Bertz CT molecular complexity index is 1510. The highest BCUT2D eigenvalue weighted by atomic mass is 32.1. The number of hydrogen-bond acceptors (Lipinski definition) is 8. The van der Waals surface area contributed by atoms with E-state index in [1.165, 1.54) is 0 Å². The van der Waals surface area contributed by atoms with Gasteiger partial charge in [-0.25, -0.2) is 0 Å². The fraction of sp³-hybridized carbons (Fsp3) is 0.417. The minimum Gasteiger partial charge on any atom is -0.494 e. The van der Waals surface area contributed by atoms with Gasteiger partial charge >= 0.3 is 0 Å². The van der Waals surface area contributed by atoms with Crippen LogP contribution in [0.3, 0.4) is 0 Å². The lowest BCUT2D eigenvalue weighted by Gasteiger charge is -2.24. The zero-order chi connectivity index (χ0) is 33.8. The number of nitrogens with zero attached hydrogens (tertiary/aromatic N) is 2. The average Bonchev–Trinajstić information content (AvgIpc) is 3.30. The fourth-order valence-corrected chi connectivity index (χ4v) is 5.77. The Morgan fingerprint density at radius 1 is 0.787 bits per heavy atom. The zero-order valence-electron chi connectivity index (χ0n) is 27.9. The quantitative estimate of drug-likeness (QED) is 0.167. The van der Waals surface area contributed by atoms with Gasteiger partial charge in [0.15, 0.2) is 28.1 Å². The molecule has 0 aromatic heterocycles.